The van der Waals surface area contributed by atoms with Crippen LogP contribution in [0.5, 0.6) is 5.75 Å². The van der Waals surface area contributed by atoms with Gasteiger partial charge in [0.1, 0.15) is 5.75 Å². The van der Waals surface area contributed by atoms with Crippen LogP contribution in [0.3, 0.4) is 0 Å². The average molecular weight is 291 g/mol. The van der Waals surface area contributed by atoms with Crippen molar-refractivity contribution in [2.45, 2.75) is 38.7 Å². The first kappa shape index (κ1) is 15.8. The number of aliphatic hydroxyl groups is 1. The maximum absolute atomic E-state index is 12.1. The number of aliphatic hydroxyl groups excluding tert-OH is 1. The third kappa shape index (κ3) is 4.46. The molecule has 1 amide bonds. The fourth-order valence-corrected chi connectivity index (χ4v) is 2.81. The molecule has 1 aromatic carbocycles. The summed E-state index contributed by atoms with van der Waals surface area (Å²) in [6, 6.07) is 7.25. The Morgan fingerprint density at radius 2 is 1.90 bits per heavy atom. The van der Waals surface area contributed by atoms with E-state index in [0.29, 0.717) is 0 Å². The highest BCUT2D eigenvalue weighted by Crippen LogP contribution is 2.28. The lowest BCUT2D eigenvalue weighted by Gasteiger charge is -2.25. The molecule has 21 heavy (non-hydrogen) atoms. The number of hydrogen-bond donors (Lipinski definition) is 2. The summed E-state index contributed by atoms with van der Waals surface area (Å²) in [6.45, 7) is 2.50. The lowest BCUT2D eigenvalue weighted by molar-refractivity contribution is -0.126. The molecule has 4 nitrogen and oxygen atoms in total. The van der Waals surface area contributed by atoms with Gasteiger partial charge in [-0.1, -0.05) is 19.1 Å². The maximum atomic E-state index is 12.1. The molecule has 1 aliphatic rings. The van der Waals surface area contributed by atoms with Crippen molar-refractivity contribution in [2.75, 3.05) is 13.7 Å². The van der Waals surface area contributed by atoms with Crippen molar-refractivity contribution < 1.29 is 14.6 Å². The summed E-state index contributed by atoms with van der Waals surface area (Å²) in [7, 11) is 1.61. The quantitative estimate of drug-likeness (QED) is 0.877. The van der Waals surface area contributed by atoms with Crippen molar-refractivity contribution in [3.05, 3.63) is 29.8 Å². The fourth-order valence-electron chi connectivity index (χ4n) is 2.81. The van der Waals surface area contributed by atoms with Crippen LogP contribution in [-0.4, -0.2) is 24.7 Å². The SMILES string of the molecule is COc1ccc(C(O)CNC(=O)C2CCC(C)CC2)cc1. The molecule has 1 atom stereocenters. The van der Waals surface area contributed by atoms with Crippen LogP contribution in [0.25, 0.3) is 0 Å². The van der Waals surface area contributed by atoms with E-state index < -0.39 is 6.10 Å². The molecule has 0 bridgehead atoms. The minimum Gasteiger partial charge on any atom is -0.497 e. The summed E-state index contributed by atoms with van der Waals surface area (Å²) in [5.74, 6) is 1.68. The molecule has 0 aliphatic heterocycles. The molecule has 2 rings (SSSR count). The zero-order valence-electron chi connectivity index (χ0n) is 12.8. The first-order valence-electron chi connectivity index (χ1n) is 7.70. The van der Waals surface area contributed by atoms with Gasteiger partial charge >= 0.3 is 0 Å². The Morgan fingerprint density at radius 1 is 1.29 bits per heavy atom. The van der Waals surface area contributed by atoms with Crippen molar-refractivity contribution in [2.24, 2.45) is 11.8 Å². The van der Waals surface area contributed by atoms with Crippen molar-refractivity contribution in [1.29, 1.82) is 0 Å². The van der Waals surface area contributed by atoms with Gasteiger partial charge in [0, 0.05) is 12.5 Å². The van der Waals surface area contributed by atoms with Crippen LogP contribution in [0.1, 0.15) is 44.3 Å². The highest BCUT2D eigenvalue weighted by atomic mass is 16.5. The first-order valence-corrected chi connectivity index (χ1v) is 7.70. The third-order valence-electron chi connectivity index (χ3n) is 4.36. The molecule has 0 saturated heterocycles. The summed E-state index contributed by atoms with van der Waals surface area (Å²) >= 11 is 0. The normalized spacial score (nSPS) is 23.4. The van der Waals surface area contributed by atoms with Crippen LogP contribution >= 0.6 is 0 Å². The van der Waals surface area contributed by atoms with Gasteiger partial charge in [0.05, 0.1) is 13.2 Å². The molecule has 1 unspecified atom stereocenters. The van der Waals surface area contributed by atoms with Crippen molar-refractivity contribution in [3.63, 3.8) is 0 Å². The number of hydrogen-bond acceptors (Lipinski definition) is 3. The number of amides is 1. The zero-order chi connectivity index (χ0) is 15.2. The van der Waals surface area contributed by atoms with Gasteiger partial charge in [-0.15, -0.1) is 0 Å². The van der Waals surface area contributed by atoms with E-state index in [2.05, 4.69) is 12.2 Å². The summed E-state index contributed by atoms with van der Waals surface area (Å²) < 4.78 is 5.08. The molecule has 0 spiro atoms. The lowest BCUT2D eigenvalue weighted by atomic mass is 9.82. The average Bonchev–Trinajstić information content (AvgIpc) is 2.53. The second-order valence-corrected chi connectivity index (χ2v) is 5.99. The van der Waals surface area contributed by atoms with Gasteiger partial charge in [-0.05, 0) is 49.3 Å². The predicted molar refractivity (Wildman–Crippen MR) is 82.1 cm³/mol. The van der Waals surface area contributed by atoms with E-state index in [4.69, 9.17) is 4.74 Å². The Bertz CT molecular complexity index is 450. The van der Waals surface area contributed by atoms with Gasteiger partial charge in [-0.3, -0.25) is 4.79 Å². The number of ether oxygens (including phenoxy) is 1. The molecule has 1 saturated carbocycles. The minimum atomic E-state index is -0.678. The van der Waals surface area contributed by atoms with Crippen molar-refractivity contribution >= 4 is 5.91 Å². The van der Waals surface area contributed by atoms with Gasteiger partial charge in [-0.2, -0.15) is 0 Å². The Labute approximate surface area is 126 Å². The molecule has 2 N–H and O–H groups in total. The van der Waals surface area contributed by atoms with Crippen molar-refractivity contribution in [1.82, 2.24) is 5.32 Å². The zero-order valence-corrected chi connectivity index (χ0v) is 12.8. The fraction of sp³-hybridized carbons (Fsp3) is 0.588. The van der Waals surface area contributed by atoms with E-state index in [1.54, 1.807) is 7.11 Å². The van der Waals surface area contributed by atoms with Crippen LogP contribution in [0.2, 0.25) is 0 Å². The van der Waals surface area contributed by atoms with Crippen LogP contribution in [-0.2, 0) is 4.79 Å². The molecule has 0 aromatic heterocycles. The highest BCUT2D eigenvalue weighted by Gasteiger charge is 2.24. The molecule has 4 heteroatoms. The second-order valence-electron chi connectivity index (χ2n) is 5.99. The second kappa shape index (κ2) is 7.46. The molecular weight excluding hydrogens is 266 g/mol. The molecule has 116 valence electrons. The summed E-state index contributed by atoms with van der Waals surface area (Å²) in [4.78, 5) is 12.1. The van der Waals surface area contributed by atoms with Crippen LogP contribution in [0, 0.1) is 11.8 Å². The van der Waals surface area contributed by atoms with Gasteiger partial charge in [0.25, 0.3) is 0 Å². The summed E-state index contributed by atoms with van der Waals surface area (Å²) in [6.07, 6.45) is 3.50. The Hall–Kier alpha value is -1.55. The standard InChI is InChI=1S/C17H25NO3/c1-12-3-5-14(6-4-12)17(20)18-11-16(19)13-7-9-15(21-2)10-8-13/h7-10,12,14,16,19H,3-6,11H2,1-2H3,(H,18,20). The monoisotopic (exact) mass is 291 g/mol. The summed E-state index contributed by atoms with van der Waals surface area (Å²) in [5, 5.41) is 13.0. The topological polar surface area (TPSA) is 58.6 Å². The van der Waals surface area contributed by atoms with Gasteiger partial charge < -0.3 is 15.2 Å². The number of nitrogens with one attached hydrogen (secondary N) is 1. The van der Waals surface area contributed by atoms with E-state index in [1.165, 1.54) is 0 Å². The largest absolute Gasteiger partial charge is 0.497 e. The van der Waals surface area contributed by atoms with Crippen molar-refractivity contribution in [3.8, 4) is 5.75 Å². The van der Waals surface area contributed by atoms with Gasteiger partial charge in [-0.25, -0.2) is 0 Å². The summed E-state index contributed by atoms with van der Waals surface area (Å²) in [5.41, 5.74) is 0.786. The smallest absolute Gasteiger partial charge is 0.223 e. The van der Waals surface area contributed by atoms with Crippen LogP contribution in [0.15, 0.2) is 24.3 Å². The maximum Gasteiger partial charge on any atom is 0.223 e. The van der Waals surface area contributed by atoms with Gasteiger partial charge in [0.15, 0.2) is 0 Å². The number of carbonyl (C=O) groups is 1. The minimum absolute atomic E-state index is 0.0782. The molecule has 0 radical (unpaired) electrons. The van der Waals surface area contributed by atoms with E-state index in [1.807, 2.05) is 24.3 Å². The third-order valence-corrected chi connectivity index (χ3v) is 4.36. The molecular formula is C17H25NO3. The van der Waals surface area contributed by atoms with Crippen LogP contribution < -0.4 is 10.1 Å². The molecule has 1 fully saturated rings. The Balaban J connectivity index is 1.79. The molecule has 0 heterocycles. The van der Waals surface area contributed by atoms with E-state index in [0.717, 1.165) is 42.9 Å². The Kier molecular flexibility index (Phi) is 5.62. The first-order chi connectivity index (χ1) is 10.1. The van der Waals surface area contributed by atoms with E-state index >= 15 is 0 Å². The molecule has 1 aliphatic carbocycles. The lowest BCUT2D eigenvalue weighted by Crippen LogP contribution is -2.35. The van der Waals surface area contributed by atoms with Crippen LogP contribution in [0.4, 0.5) is 0 Å². The predicted octanol–water partition coefficient (Wildman–Crippen LogP) is 2.67. The van der Waals surface area contributed by atoms with E-state index in [-0.39, 0.29) is 18.4 Å². The van der Waals surface area contributed by atoms with E-state index in [9.17, 15) is 9.90 Å². The van der Waals surface area contributed by atoms with Gasteiger partial charge in [0.2, 0.25) is 5.91 Å². The number of methoxy groups -OCH3 is 1. The Morgan fingerprint density at radius 3 is 2.48 bits per heavy atom. The highest BCUT2D eigenvalue weighted by molar-refractivity contribution is 5.78. The molecule has 1 aromatic rings. The number of carbonyl (C=O) groups excluding carboxylic acids is 1. The number of rotatable bonds is 5. The number of benzene rings is 1.